The highest BCUT2D eigenvalue weighted by Gasteiger charge is 2.58. The lowest BCUT2D eigenvalue weighted by Gasteiger charge is -2.50. The van der Waals surface area contributed by atoms with Crippen LogP contribution in [0.1, 0.15) is 239 Å². The molecule has 26 atom stereocenters. The largest absolute Gasteiger partial charge is 0.483 e. The predicted octanol–water partition coefficient (Wildman–Crippen LogP) is 11.2. The summed E-state index contributed by atoms with van der Waals surface area (Å²) in [5.74, 6) is -0.996. The first kappa shape index (κ1) is 106. The molecule has 0 aromatic heterocycles. The average molecular weight is 1730 g/mol. The zero-order valence-electron chi connectivity index (χ0n) is 72.6. The van der Waals surface area contributed by atoms with Gasteiger partial charge in [-0.2, -0.15) is 4.31 Å². The minimum absolute atomic E-state index is 0.221. The number of hydrogen-bond donors (Lipinski definition) is 14. The van der Waals surface area contributed by atoms with Gasteiger partial charge in [-0.25, -0.2) is 9.13 Å². The van der Waals surface area contributed by atoms with Crippen molar-refractivity contribution >= 4 is 21.6 Å². The third-order valence-electron chi connectivity index (χ3n) is 21.9. The summed E-state index contributed by atoms with van der Waals surface area (Å²) in [4.78, 5) is 34.1. The van der Waals surface area contributed by atoms with Gasteiger partial charge >= 0.3 is 21.6 Å². The Kier molecular flexibility index (Phi) is 47.5. The number of carbonyl (C=O) groups excluding carboxylic acids is 1. The molecule has 0 aromatic rings. The first-order valence-electron chi connectivity index (χ1n) is 42.1. The molecule has 0 spiro atoms. The van der Waals surface area contributed by atoms with E-state index in [4.69, 9.17) is 56.4 Å². The lowest BCUT2D eigenvalue weighted by atomic mass is 9.95. The summed E-state index contributed by atoms with van der Waals surface area (Å²) in [6, 6.07) is 0. The van der Waals surface area contributed by atoms with Crippen LogP contribution in [0.2, 0.25) is 0 Å². The summed E-state index contributed by atoms with van der Waals surface area (Å²) < 4.78 is 99.2. The highest BCUT2D eigenvalue weighted by molar-refractivity contribution is 7.61. The number of esters is 1. The van der Waals surface area contributed by atoms with Gasteiger partial charge in [0, 0.05) is 13.3 Å². The number of aliphatic hydroxyl groups excluding tert-OH is 12. The predicted molar refractivity (Wildman–Crippen MR) is 447 cm³/mol. The van der Waals surface area contributed by atoms with E-state index in [0.29, 0.717) is 12.8 Å². The van der Waals surface area contributed by atoms with Gasteiger partial charge in [-0.15, -0.1) is 0 Å². The monoisotopic (exact) mass is 1730 g/mol. The van der Waals surface area contributed by atoms with Crippen molar-refractivity contribution in [2.75, 3.05) is 26.4 Å². The molecule has 32 heteroatoms. The van der Waals surface area contributed by atoms with Crippen molar-refractivity contribution in [2.24, 2.45) is 0 Å². The van der Waals surface area contributed by atoms with Gasteiger partial charge in [0.25, 0.3) is 0 Å². The van der Waals surface area contributed by atoms with Crippen LogP contribution in [0.25, 0.3) is 0 Å². The average Bonchev–Trinajstić information content (AvgIpc) is 0.771. The van der Waals surface area contributed by atoms with Crippen LogP contribution in [0.3, 0.4) is 0 Å². The zero-order valence-corrected chi connectivity index (χ0v) is 74.4. The number of ether oxygens (including phenoxy) is 10. The second kappa shape index (κ2) is 53.5. The van der Waals surface area contributed by atoms with Gasteiger partial charge in [0.15, 0.2) is 37.6 Å². The van der Waals surface area contributed by atoms with Gasteiger partial charge in [-0.1, -0.05) is 128 Å². The highest BCUT2D eigenvalue weighted by atomic mass is 31.3. The van der Waals surface area contributed by atoms with E-state index in [1.54, 1.807) is 6.92 Å². The molecular weight excluding hydrogens is 1590 g/mol. The Labute approximate surface area is 704 Å². The molecule has 2 unspecified atom stereocenters. The topological polar surface area (TPSA) is 454 Å². The number of allylic oxidation sites excluding steroid dienone is 21. The first-order chi connectivity index (χ1) is 56.2. The van der Waals surface area contributed by atoms with Crippen molar-refractivity contribution in [1.82, 2.24) is 0 Å². The molecule has 5 saturated heterocycles. The Bertz CT molecular complexity index is 3520. The molecule has 682 valence electrons. The van der Waals surface area contributed by atoms with E-state index < -0.39 is 195 Å². The lowest BCUT2D eigenvalue weighted by Crippen LogP contribution is -2.68. The van der Waals surface area contributed by atoms with Crippen LogP contribution in [0.4, 0.5) is 0 Å². The van der Waals surface area contributed by atoms with E-state index in [1.165, 1.54) is 75.7 Å². The Morgan fingerprint density at radius 2 is 0.647 bits per heavy atom. The number of phosphoric acid groups is 2. The Morgan fingerprint density at radius 1 is 0.336 bits per heavy atom. The molecule has 5 rings (SSSR count). The second-order valence-corrected chi connectivity index (χ2v) is 36.0. The van der Waals surface area contributed by atoms with Crippen LogP contribution in [-0.2, 0) is 74.7 Å². The number of rotatable bonds is 49. The normalized spacial score (nSPS) is 33.3. The Balaban J connectivity index is 1.05. The van der Waals surface area contributed by atoms with E-state index in [2.05, 4.69) is 134 Å². The number of aliphatic hydroxyl groups is 12. The lowest BCUT2D eigenvalue weighted by molar-refractivity contribution is -0.405. The van der Waals surface area contributed by atoms with E-state index in [9.17, 15) is 85.0 Å². The van der Waals surface area contributed by atoms with Crippen molar-refractivity contribution in [1.29, 1.82) is 0 Å². The molecule has 0 aromatic carbocycles. The smallest absolute Gasteiger partial charge is 0.454 e. The summed E-state index contributed by atoms with van der Waals surface area (Å²) in [6.45, 7) is 26.1. The van der Waals surface area contributed by atoms with E-state index >= 15 is 0 Å². The molecule has 14 N–H and O–H groups in total. The van der Waals surface area contributed by atoms with Crippen molar-refractivity contribution in [3.05, 3.63) is 128 Å². The molecule has 0 saturated carbocycles. The molecule has 30 nitrogen and oxygen atoms in total. The van der Waals surface area contributed by atoms with Gasteiger partial charge in [0.05, 0.1) is 44.7 Å². The van der Waals surface area contributed by atoms with E-state index in [-0.39, 0.29) is 6.42 Å². The van der Waals surface area contributed by atoms with Crippen molar-refractivity contribution in [2.45, 2.75) is 386 Å². The molecule has 0 bridgehead atoms. The fraction of sp³-hybridized carbons (Fsp3) is 0.736. The number of carbonyl (C=O) groups is 1. The van der Waals surface area contributed by atoms with Gasteiger partial charge in [0.1, 0.15) is 91.6 Å². The first-order valence-corrected chi connectivity index (χ1v) is 45.1. The van der Waals surface area contributed by atoms with Crippen LogP contribution < -0.4 is 0 Å². The highest BCUT2D eigenvalue weighted by Crippen LogP contribution is 2.61. The standard InChI is InChI=1S/C87H144O30P2/c1-52(2)26-16-27-53(3)28-17-29-54(4)30-18-31-55(5)32-19-33-56(6)34-20-35-57(7)36-21-37-58(8)38-22-39-59(9)40-23-41-60(10)42-24-43-61(11)44-25-45-62(12)46-47-105-118(101,102)117-119(103,104)116-84-77(100)78(74(97)70(51-90)109-84)112-85-80(75(98)72(95)68(49-88)110-85)114-86-81(76(99)73(96)69(50-89)111-86)115-87-82(108-65(15)91)79(71(94)64(14)107-87)113-83-67(93)48-66(92)63(13)106-83/h26,28,30,32,34,36,38,40,42,44,46,63-64,66-90,92-100H,16-25,27,29,31,33,35,37,39,41,43,45,47-51H2,1-15H3,(H,101,102)(H,103,104)/b53-28+,54-30+,55-32-,56-34-,57-36-,58-38-,59-40-,60-42-,61-44-,62-46-/t63-,64+,66-,67-,68-,69-,70-,71+,72-,73-,74+,75+,76+,77-,78+,79-,80+,81+,82-,83-,84-,85-,86-,87+/m1/s1. The van der Waals surface area contributed by atoms with Gasteiger partial charge in [-0.05, 0) is 225 Å². The molecule has 5 fully saturated rings. The Hall–Kier alpha value is -3.97. The third kappa shape index (κ3) is 37.2. The molecule has 5 heterocycles. The van der Waals surface area contributed by atoms with E-state index in [1.807, 2.05) is 6.92 Å². The zero-order chi connectivity index (χ0) is 88.4. The summed E-state index contributed by atoms with van der Waals surface area (Å²) in [5, 5.41) is 132. The molecule has 0 radical (unpaired) electrons. The number of hydrogen-bond acceptors (Lipinski definition) is 28. The fourth-order valence-electron chi connectivity index (χ4n) is 14.3. The van der Waals surface area contributed by atoms with Crippen LogP contribution in [0.15, 0.2) is 128 Å². The third-order valence-corrected chi connectivity index (χ3v) is 24.5. The molecular formula is C87H144O30P2. The van der Waals surface area contributed by atoms with Crippen molar-refractivity contribution < 1.29 is 146 Å². The van der Waals surface area contributed by atoms with Crippen LogP contribution in [0.5, 0.6) is 0 Å². The van der Waals surface area contributed by atoms with Crippen LogP contribution in [0, 0.1) is 0 Å². The maximum Gasteiger partial charge on any atom is 0.483 e. The molecule has 5 aliphatic rings. The minimum Gasteiger partial charge on any atom is -0.454 e. The van der Waals surface area contributed by atoms with Crippen molar-refractivity contribution in [3.63, 3.8) is 0 Å². The van der Waals surface area contributed by atoms with Gasteiger partial charge < -0.3 is 118 Å². The maximum atomic E-state index is 13.5. The maximum absolute atomic E-state index is 13.5. The van der Waals surface area contributed by atoms with Gasteiger partial charge in [-0.3, -0.25) is 13.8 Å². The quantitative estimate of drug-likeness (QED) is 0.0153. The van der Waals surface area contributed by atoms with Crippen LogP contribution >= 0.6 is 15.6 Å². The van der Waals surface area contributed by atoms with Crippen LogP contribution in [-0.4, -0.2) is 251 Å². The summed E-state index contributed by atoms with van der Waals surface area (Å²) in [7, 11) is -11.4. The Morgan fingerprint density at radius 3 is 1.00 bits per heavy atom. The fourth-order valence-corrected chi connectivity index (χ4v) is 16.4. The van der Waals surface area contributed by atoms with Crippen molar-refractivity contribution in [3.8, 4) is 0 Å². The molecule has 5 aliphatic heterocycles. The summed E-state index contributed by atoms with van der Waals surface area (Å²) in [6.07, 6.45) is -0.215. The van der Waals surface area contributed by atoms with Gasteiger partial charge in [0.2, 0.25) is 0 Å². The minimum atomic E-state index is -5.87. The molecule has 0 amide bonds. The molecule has 0 aliphatic carbocycles. The SMILES string of the molecule is CC(=O)O[C@H]1[C@H](O[C@@H]2[C@@H](O[C@@H]3[C@@H](O[C@H]4[C@@H](O)[C@@H](CO)O[C@H](OP(=O)(O)OP(=O)(O)OC/C=C(/C)CC/C=C(/C)CC/C=C(/C)CC/C=C(/C)CC/C=C(/C)CC/C=C(/C)CC/C=C(/C)CC/C=C(/C)CC/C=C(\C)CC/C=C(\C)CCC=C(C)C)[C@@H]4O)O[C@H](CO)[C@@H](O)[C@@H]3O)O[C@H](CO)[C@@H](O)[C@@H]2O)O[C@@H](C)[C@H](O)[C@H]1O[C@H]1O[C@H](C)[C@H](O)C[C@H]1O. The second-order valence-electron chi connectivity index (χ2n) is 33.0. The van der Waals surface area contributed by atoms with E-state index in [0.717, 1.165) is 128 Å². The summed E-state index contributed by atoms with van der Waals surface area (Å²) >= 11 is 0. The molecule has 119 heavy (non-hydrogen) atoms. The number of phosphoric ester groups is 2. The summed E-state index contributed by atoms with van der Waals surface area (Å²) in [5.41, 5.74) is 14.9.